The number of nitrogens with zero attached hydrogens (tertiary/aromatic N) is 1. The number of amides is 3. The molecule has 0 bridgehead atoms. The first-order valence-corrected chi connectivity index (χ1v) is 9.23. The van der Waals surface area contributed by atoms with Crippen LogP contribution < -0.4 is 15.4 Å². The van der Waals surface area contributed by atoms with Gasteiger partial charge in [0.05, 0.1) is 11.6 Å². The third kappa shape index (κ3) is 3.13. The molecule has 2 fully saturated rings. The highest BCUT2D eigenvalue weighted by Gasteiger charge is 2.38. The molecule has 26 heavy (non-hydrogen) atoms. The molecule has 0 unspecified atom stereocenters. The van der Waals surface area contributed by atoms with Crippen LogP contribution >= 0.6 is 0 Å². The second-order valence-electron chi connectivity index (χ2n) is 7.33. The molecule has 2 atom stereocenters. The predicted molar refractivity (Wildman–Crippen MR) is 95.9 cm³/mol. The third-order valence-electron chi connectivity index (χ3n) is 5.47. The summed E-state index contributed by atoms with van der Waals surface area (Å²) in [6.45, 7) is 2.18. The van der Waals surface area contributed by atoms with Crippen molar-refractivity contribution in [1.82, 2.24) is 4.90 Å². The number of likely N-dealkylation sites (tertiary alicyclic amines) is 1. The number of ether oxygens (including phenoxy) is 1. The summed E-state index contributed by atoms with van der Waals surface area (Å²) in [4.78, 5) is 38.5. The largest absolute Gasteiger partial charge is 0.479 e. The van der Waals surface area contributed by atoms with Gasteiger partial charge in [-0.2, -0.15) is 0 Å². The lowest BCUT2D eigenvalue weighted by molar-refractivity contribution is -0.130. The third-order valence-corrected chi connectivity index (χ3v) is 5.47. The first kappa shape index (κ1) is 16.9. The fraction of sp³-hybridized carbons (Fsp3) is 0.526. The molecule has 1 aromatic carbocycles. The van der Waals surface area contributed by atoms with E-state index in [0.717, 1.165) is 25.7 Å². The maximum absolute atomic E-state index is 12.6. The molecular formula is C19H23N3O4. The van der Waals surface area contributed by atoms with Gasteiger partial charge in [-0.05, 0) is 38.0 Å². The number of rotatable bonds is 3. The zero-order valence-corrected chi connectivity index (χ0v) is 14.8. The van der Waals surface area contributed by atoms with E-state index in [0.29, 0.717) is 29.7 Å². The zero-order chi connectivity index (χ0) is 18.3. The molecule has 2 heterocycles. The molecule has 0 aromatic heterocycles. The van der Waals surface area contributed by atoms with Gasteiger partial charge >= 0.3 is 0 Å². The van der Waals surface area contributed by atoms with Crippen molar-refractivity contribution >= 4 is 29.1 Å². The van der Waals surface area contributed by atoms with Crippen LogP contribution in [0.4, 0.5) is 11.4 Å². The average molecular weight is 357 g/mol. The van der Waals surface area contributed by atoms with E-state index in [-0.39, 0.29) is 30.1 Å². The summed E-state index contributed by atoms with van der Waals surface area (Å²) in [5, 5.41) is 5.63. The Hall–Kier alpha value is -2.57. The lowest BCUT2D eigenvalue weighted by Crippen LogP contribution is -2.35. The summed E-state index contributed by atoms with van der Waals surface area (Å²) in [5.74, 6) is -0.0366. The number of anilines is 2. The van der Waals surface area contributed by atoms with Crippen LogP contribution in [-0.4, -0.2) is 41.3 Å². The Morgan fingerprint density at radius 3 is 2.81 bits per heavy atom. The Morgan fingerprint density at radius 1 is 1.27 bits per heavy atom. The Bertz CT molecular complexity index is 757. The molecule has 3 amide bonds. The summed E-state index contributed by atoms with van der Waals surface area (Å²) in [6, 6.07) is 5.46. The van der Waals surface area contributed by atoms with E-state index in [9.17, 15) is 14.4 Å². The molecule has 1 saturated heterocycles. The van der Waals surface area contributed by atoms with Gasteiger partial charge in [0, 0.05) is 24.7 Å². The number of hydrogen-bond donors (Lipinski definition) is 2. The first-order chi connectivity index (χ1) is 12.5. The van der Waals surface area contributed by atoms with Gasteiger partial charge in [0.25, 0.3) is 5.91 Å². The van der Waals surface area contributed by atoms with Gasteiger partial charge in [0.2, 0.25) is 11.8 Å². The molecular weight excluding hydrogens is 334 g/mol. The SMILES string of the molecule is C[C@H]1Oc2ccc(NC(=O)[C@H]3CC(=O)N(C4CCCC4)C3)cc2NC1=O. The quantitative estimate of drug-likeness (QED) is 0.867. The van der Waals surface area contributed by atoms with E-state index in [4.69, 9.17) is 4.74 Å². The fourth-order valence-corrected chi connectivity index (χ4v) is 4.01. The van der Waals surface area contributed by atoms with Crippen LogP contribution in [0.15, 0.2) is 18.2 Å². The zero-order valence-electron chi connectivity index (χ0n) is 14.8. The second-order valence-corrected chi connectivity index (χ2v) is 7.33. The minimum atomic E-state index is -0.533. The molecule has 7 heteroatoms. The standard InChI is InChI=1S/C19H23N3O4/c1-11-18(24)21-15-9-13(6-7-16(15)26-11)20-19(25)12-8-17(23)22(10-12)14-4-2-3-5-14/h6-7,9,11-12,14H,2-5,8,10H2,1H3,(H,20,25)(H,21,24)/t11-,12+/m1/s1. The molecule has 4 rings (SSSR count). The highest BCUT2D eigenvalue weighted by atomic mass is 16.5. The number of fused-ring (bicyclic) bond motifs is 1. The fourth-order valence-electron chi connectivity index (χ4n) is 4.01. The van der Waals surface area contributed by atoms with E-state index in [2.05, 4.69) is 10.6 Å². The lowest BCUT2D eigenvalue weighted by atomic mass is 10.1. The summed E-state index contributed by atoms with van der Waals surface area (Å²) >= 11 is 0. The summed E-state index contributed by atoms with van der Waals surface area (Å²) < 4.78 is 5.51. The van der Waals surface area contributed by atoms with Crippen molar-refractivity contribution in [3.63, 3.8) is 0 Å². The average Bonchev–Trinajstić information content (AvgIpc) is 3.25. The normalized spacial score (nSPS) is 25.7. The number of carbonyl (C=O) groups excluding carboxylic acids is 3. The van der Waals surface area contributed by atoms with Gasteiger partial charge in [0.1, 0.15) is 5.75 Å². The summed E-state index contributed by atoms with van der Waals surface area (Å²) in [7, 11) is 0. The Labute approximate surface area is 152 Å². The summed E-state index contributed by atoms with van der Waals surface area (Å²) in [6.07, 6.45) is 4.14. The van der Waals surface area contributed by atoms with Gasteiger partial charge in [-0.1, -0.05) is 12.8 Å². The van der Waals surface area contributed by atoms with Crippen LogP contribution in [0, 0.1) is 5.92 Å². The van der Waals surface area contributed by atoms with Crippen molar-refractivity contribution in [2.24, 2.45) is 5.92 Å². The molecule has 0 spiro atoms. The summed E-state index contributed by atoms with van der Waals surface area (Å²) in [5.41, 5.74) is 1.12. The van der Waals surface area contributed by atoms with Crippen LogP contribution in [0.25, 0.3) is 0 Å². The Kier molecular flexibility index (Phi) is 4.30. The van der Waals surface area contributed by atoms with Crippen molar-refractivity contribution in [2.75, 3.05) is 17.2 Å². The molecule has 3 aliphatic rings. The Balaban J connectivity index is 1.41. The number of benzene rings is 1. The van der Waals surface area contributed by atoms with E-state index in [1.807, 2.05) is 4.90 Å². The van der Waals surface area contributed by atoms with Crippen molar-refractivity contribution < 1.29 is 19.1 Å². The van der Waals surface area contributed by atoms with Crippen LogP contribution in [0.5, 0.6) is 5.75 Å². The van der Waals surface area contributed by atoms with Gasteiger partial charge in [-0.3, -0.25) is 14.4 Å². The van der Waals surface area contributed by atoms with Crippen molar-refractivity contribution in [2.45, 2.75) is 51.2 Å². The molecule has 1 aliphatic carbocycles. The maximum Gasteiger partial charge on any atom is 0.265 e. The van der Waals surface area contributed by atoms with Crippen LogP contribution in [-0.2, 0) is 14.4 Å². The molecule has 1 saturated carbocycles. The highest BCUT2D eigenvalue weighted by Crippen LogP contribution is 2.33. The number of carbonyl (C=O) groups is 3. The van der Waals surface area contributed by atoms with Gasteiger partial charge in [-0.15, -0.1) is 0 Å². The van der Waals surface area contributed by atoms with E-state index >= 15 is 0 Å². The molecule has 0 radical (unpaired) electrons. The monoisotopic (exact) mass is 357 g/mol. The molecule has 1 aromatic rings. The van der Waals surface area contributed by atoms with Gasteiger partial charge in [0.15, 0.2) is 6.10 Å². The second kappa shape index (κ2) is 6.63. The van der Waals surface area contributed by atoms with E-state index in [1.54, 1.807) is 25.1 Å². The lowest BCUT2D eigenvalue weighted by Gasteiger charge is -2.24. The predicted octanol–water partition coefficient (Wildman–Crippen LogP) is 2.14. The highest BCUT2D eigenvalue weighted by molar-refractivity contribution is 6.00. The number of hydrogen-bond acceptors (Lipinski definition) is 4. The van der Waals surface area contributed by atoms with Gasteiger partial charge in [-0.25, -0.2) is 0 Å². The van der Waals surface area contributed by atoms with Crippen LogP contribution in [0.3, 0.4) is 0 Å². The number of nitrogens with one attached hydrogen (secondary N) is 2. The molecule has 7 nitrogen and oxygen atoms in total. The first-order valence-electron chi connectivity index (χ1n) is 9.23. The van der Waals surface area contributed by atoms with Crippen LogP contribution in [0.2, 0.25) is 0 Å². The Morgan fingerprint density at radius 2 is 2.04 bits per heavy atom. The van der Waals surface area contributed by atoms with Crippen molar-refractivity contribution in [3.8, 4) is 5.75 Å². The maximum atomic E-state index is 12.6. The van der Waals surface area contributed by atoms with Gasteiger partial charge < -0.3 is 20.3 Å². The topological polar surface area (TPSA) is 87.7 Å². The molecule has 138 valence electrons. The van der Waals surface area contributed by atoms with Crippen molar-refractivity contribution in [1.29, 1.82) is 0 Å². The minimum absolute atomic E-state index is 0.0807. The molecule has 2 N–H and O–H groups in total. The smallest absolute Gasteiger partial charge is 0.265 e. The molecule has 2 aliphatic heterocycles. The van der Waals surface area contributed by atoms with E-state index < -0.39 is 6.10 Å². The minimum Gasteiger partial charge on any atom is -0.479 e. The van der Waals surface area contributed by atoms with E-state index in [1.165, 1.54) is 0 Å². The van der Waals surface area contributed by atoms with Crippen molar-refractivity contribution in [3.05, 3.63) is 18.2 Å². The van der Waals surface area contributed by atoms with Crippen LogP contribution in [0.1, 0.15) is 39.0 Å².